The van der Waals surface area contributed by atoms with E-state index in [-0.39, 0.29) is 24.9 Å². The lowest BCUT2D eigenvalue weighted by molar-refractivity contribution is -0.137. The van der Waals surface area contributed by atoms with Crippen LogP contribution in [0.2, 0.25) is 0 Å². The first-order chi connectivity index (χ1) is 8.86. The molecule has 0 atom stereocenters. The van der Waals surface area contributed by atoms with Gasteiger partial charge in [0.25, 0.3) is 5.91 Å². The third-order valence-corrected chi connectivity index (χ3v) is 4.14. The minimum atomic E-state index is -0.880. The number of aliphatic carboxylic acids is 1. The molecule has 1 aromatic heterocycles. The lowest BCUT2D eigenvalue weighted by Gasteiger charge is -2.25. The summed E-state index contributed by atoms with van der Waals surface area (Å²) in [6.07, 6.45) is 0.890. The van der Waals surface area contributed by atoms with E-state index < -0.39 is 5.97 Å². The van der Waals surface area contributed by atoms with Crippen LogP contribution in [0.4, 0.5) is 0 Å². The maximum absolute atomic E-state index is 12.4. The molecule has 0 spiro atoms. The third kappa shape index (κ3) is 4.06. The lowest BCUT2D eigenvalue weighted by Crippen LogP contribution is -2.38. The first kappa shape index (κ1) is 15.7. The number of carbonyl (C=O) groups is 2. The van der Waals surface area contributed by atoms with Gasteiger partial charge in [-0.1, -0.05) is 6.92 Å². The Morgan fingerprint density at radius 1 is 1.42 bits per heavy atom. The maximum atomic E-state index is 12.4. The van der Waals surface area contributed by atoms with Gasteiger partial charge in [-0.3, -0.25) is 9.59 Å². The summed E-state index contributed by atoms with van der Waals surface area (Å²) in [7, 11) is 0. The standard InChI is InChI=1S/C14H21NO3S/c1-5-11-8-12(19-10(11)4)14(18)15(9(2)3)7-6-13(16)17/h8-9H,5-7H2,1-4H3,(H,16,17). The van der Waals surface area contributed by atoms with Crippen LogP contribution in [0.3, 0.4) is 0 Å². The fraction of sp³-hybridized carbons (Fsp3) is 0.571. The number of thiophene rings is 1. The molecule has 0 unspecified atom stereocenters. The molecular weight excluding hydrogens is 262 g/mol. The van der Waals surface area contributed by atoms with Crippen molar-refractivity contribution in [2.45, 2.75) is 46.6 Å². The number of amides is 1. The van der Waals surface area contributed by atoms with Crippen molar-refractivity contribution in [1.29, 1.82) is 0 Å². The summed E-state index contributed by atoms with van der Waals surface area (Å²) in [5.41, 5.74) is 1.19. The maximum Gasteiger partial charge on any atom is 0.305 e. The highest BCUT2D eigenvalue weighted by Crippen LogP contribution is 2.24. The van der Waals surface area contributed by atoms with E-state index in [1.54, 1.807) is 4.90 Å². The molecule has 1 aromatic rings. The van der Waals surface area contributed by atoms with Crippen LogP contribution in [-0.4, -0.2) is 34.5 Å². The molecule has 0 aliphatic rings. The van der Waals surface area contributed by atoms with E-state index in [4.69, 9.17) is 5.11 Å². The van der Waals surface area contributed by atoms with Crippen LogP contribution in [0.15, 0.2) is 6.07 Å². The van der Waals surface area contributed by atoms with Crippen LogP contribution >= 0.6 is 11.3 Å². The Morgan fingerprint density at radius 3 is 2.47 bits per heavy atom. The number of aryl methyl sites for hydroxylation is 2. The van der Waals surface area contributed by atoms with Crippen LogP contribution in [0.25, 0.3) is 0 Å². The van der Waals surface area contributed by atoms with Gasteiger partial charge in [-0.15, -0.1) is 11.3 Å². The van der Waals surface area contributed by atoms with Gasteiger partial charge in [0.05, 0.1) is 11.3 Å². The normalized spacial score (nSPS) is 10.8. The predicted molar refractivity (Wildman–Crippen MR) is 76.9 cm³/mol. The summed E-state index contributed by atoms with van der Waals surface area (Å²) in [5, 5.41) is 8.75. The van der Waals surface area contributed by atoms with Gasteiger partial charge in [-0.25, -0.2) is 0 Å². The summed E-state index contributed by atoms with van der Waals surface area (Å²) in [5.74, 6) is -0.945. The molecule has 0 aliphatic carbocycles. The third-order valence-electron chi connectivity index (χ3n) is 3.06. The van der Waals surface area contributed by atoms with Gasteiger partial charge >= 0.3 is 5.97 Å². The molecule has 0 bridgehead atoms. The van der Waals surface area contributed by atoms with E-state index in [0.29, 0.717) is 4.88 Å². The first-order valence-electron chi connectivity index (χ1n) is 6.48. The molecule has 1 rings (SSSR count). The summed E-state index contributed by atoms with van der Waals surface area (Å²) in [6, 6.07) is 1.93. The molecule has 0 saturated heterocycles. The molecule has 106 valence electrons. The van der Waals surface area contributed by atoms with Crippen molar-refractivity contribution in [3.8, 4) is 0 Å². The highest BCUT2D eigenvalue weighted by molar-refractivity contribution is 7.14. The SMILES string of the molecule is CCc1cc(C(=O)N(CCC(=O)O)C(C)C)sc1C. The van der Waals surface area contributed by atoms with Crippen molar-refractivity contribution < 1.29 is 14.7 Å². The van der Waals surface area contributed by atoms with Gasteiger partial charge in [0, 0.05) is 17.5 Å². The molecule has 4 nitrogen and oxygen atoms in total. The van der Waals surface area contributed by atoms with E-state index >= 15 is 0 Å². The van der Waals surface area contributed by atoms with Gasteiger partial charge in [0.1, 0.15) is 0 Å². The number of nitrogens with zero attached hydrogens (tertiary/aromatic N) is 1. The van der Waals surface area contributed by atoms with Crippen molar-refractivity contribution in [3.63, 3.8) is 0 Å². The molecule has 1 amide bonds. The molecule has 0 aliphatic heterocycles. The fourth-order valence-electron chi connectivity index (χ4n) is 1.93. The number of carboxylic acid groups (broad SMARTS) is 1. The van der Waals surface area contributed by atoms with Crippen molar-refractivity contribution >= 4 is 23.2 Å². The topological polar surface area (TPSA) is 57.6 Å². The van der Waals surface area contributed by atoms with Crippen LogP contribution < -0.4 is 0 Å². The van der Waals surface area contributed by atoms with E-state index in [9.17, 15) is 9.59 Å². The number of carboxylic acids is 1. The van der Waals surface area contributed by atoms with Crippen LogP contribution in [-0.2, 0) is 11.2 Å². The Morgan fingerprint density at radius 2 is 2.05 bits per heavy atom. The smallest absolute Gasteiger partial charge is 0.305 e. The summed E-state index contributed by atoms with van der Waals surface area (Å²) in [4.78, 5) is 26.6. The number of hydrogen-bond acceptors (Lipinski definition) is 3. The van der Waals surface area contributed by atoms with E-state index in [0.717, 1.165) is 11.3 Å². The zero-order valence-electron chi connectivity index (χ0n) is 11.9. The van der Waals surface area contributed by atoms with Crippen LogP contribution in [0.1, 0.15) is 47.3 Å². The van der Waals surface area contributed by atoms with E-state index in [1.165, 1.54) is 16.9 Å². The minimum Gasteiger partial charge on any atom is -0.481 e. The first-order valence-corrected chi connectivity index (χ1v) is 7.30. The number of hydrogen-bond donors (Lipinski definition) is 1. The van der Waals surface area contributed by atoms with Crippen molar-refractivity contribution in [2.75, 3.05) is 6.54 Å². The highest BCUT2D eigenvalue weighted by Gasteiger charge is 2.21. The molecule has 0 saturated carbocycles. The number of rotatable bonds is 6. The lowest BCUT2D eigenvalue weighted by atomic mass is 10.2. The largest absolute Gasteiger partial charge is 0.481 e. The molecule has 1 heterocycles. The summed E-state index contributed by atoms with van der Waals surface area (Å²) < 4.78 is 0. The second-order valence-electron chi connectivity index (χ2n) is 4.78. The van der Waals surface area contributed by atoms with Gasteiger partial charge in [0.15, 0.2) is 0 Å². The van der Waals surface area contributed by atoms with Crippen molar-refractivity contribution in [1.82, 2.24) is 4.90 Å². The second kappa shape index (κ2) is 6.70. The summed E-state index contributed by atoms with van der Waals surface area (Å²) in [6.45, 7) is 8.14. The van der Waals surface area contributed by atoms with Crippen LogP contribution in [0, 0.1) is 6.92 Å². The minimum absolute atomic E-state index is 0.000618. The fourth-order valence-corrected chi connectivity index (χ4v) is 3.00. The van der Waals surface area contributed by atoms with Gasteiger partial charge in [-0.2, -0.15) is 0 Å². The molecular formula is C14H21NO3S. The quantitative estimate of drug-likeness (QED) is 0.873. The Bertz CT molecular complexity index is 465. The zero-order chi connectivity index (χ0) is 14.6. The zero-order valence-corrected chi connectivity index (χ0v) is 12.7. The predicted octanol–water partition coefficient (Wildman–Crippen LogP) is 2.94. The monoisotopic (exact) mass is 283 g/mol. The number of carbonyl (C=O) groups excluding carboxylic acids is 1. The Kier molecular flexibility index (Phi) is 5.54. The van der Waals surface area contributed by atoms with Gasteiger partial charge in [-0.05, 0) is 38.8 Å². The Balaban J connectivity index is 2.89. The highest BCUT2D eigenvalue weighted by atomic mass is 32.1. The van der Waals surface area contributed by atoms with E-state index in [1.807, 2.05) is 26.8 Å². The van der Waals surface area contributed by atoms with Gasteiger partial charge < -0.3 is 10.0 Å². The Labute approximate surface area is 118 Å². The molecule has 0 radical (unpaired) electrons. The van der Waals surface area contributed by atoms with Crippen molar-refractivity contribution in [3.05, 3.63) is 21.4 Å². The van der Waals surface area contributed by atoms with Crippen molar-refractivity contribution in [2.24, 2.45) is 0 Å². The molecule has 19 heavy (non-hydrogen) atoms. The van der Waals surface area contributed by atoms with E-state index in [2.05, 4.69) is 6.92 Å². The average molecular weight is 283 g/mol. The summed E-state index contributed by atoms with van der Waals surface area (Å²) >= 11 is 1.49. The van der Waals surface area contributed by atoms with Gasteiger partial charge in [0.2, 0.25) is 0 Å². The Hall–Kier alpha value is -1.36. The molecule has 0 fully saturated rings. The molecule has 5 heteroatoms. The average Bonchev–Trinajstić information content (AvgIpc) is 2.69. The molecule has 1 N–H and O–H groups in total. The second-order valence-corrected chi connectivity index (χ2v) is 6.04. The van der Waals surface area contributed by atoms with Crippen LogP contribution in [0.5, 0.6) is 0 Å². The molecule has 0 aromatic carbocycles.